The number of halogens is 3. The third kappa shape index (κ3) is 1.91. The number of nitrogens with zero attached hydrogens (tertiary/aromatic N) is 2. The summed E-state index contributed by atoms with van der Waals surface area (Å²) < 4.78 is 37.0. The van der Waals surface area contributed by atoms with Crippen molar-refractivity contribution in [2.75, 3.05) is 0 Å². The molecule has 2 aromatic heterocycles. The van der Waals surface area contributed by atoms with Crippen LogP contribution in [0.5, 0.6) is 0 Å². The minimum atomic E-state index is -4.36. The first-order valence-electron chi connectivity index (χ1n) is 4.27. The standard InChI is InChI=1S/C10H7F3N2/c1-6-2-3-7-4-8(10(11,12)13)5-14-9(7)15-6/h2-5H,1H3. The lowest BCUT2D eigenvalue weighted by molar-refractivity contribution is -0.137. The number of pyridine rings is 2. The van der Waals surface area contributed by atoms with Gasteiger partial charge < -0.3 is 0 Å². The molecule has 0 saturated heterocycles. The largest absolute Gasteiger partial charge is 0.417 e. The van der Waals surface area contributed by atoms with Crippen LogP contribution in [-0.4, -0.2) is 9.97 Å². The molecule has 5 heteroatoms. The predicted molar refractivity (Wildman–Crippen MR) is 49.3 cm³/mol. The van der Waals surface area contributed by atoms with Crippen LogP contribution in [0, 0.1) is 6.92 Å². The van der Waals surface area contributed by atoms with Gasteiger partial charge in [-0.05, 0) is 25.1 Å². The Balaban J connectivity index is 2.62. The maximum Gasteiger partial charge on any atom is 0.417 e. The molecule has 0 aliphatic carbocycles. The van der Waals surface area contributed by atoms with Gasteiger partial charge in [0.2, 0.25) is 0 Å². The second-order valence-electron chi connectivity index (χ2n) is 3.22. The Morgan fingerprint density at radius 2 is 1.93 bits per heavy atom. The van der Waals surface area contributed by atoms with E-state index in [1.165, 1.54) is 0 Å². The quantitative estimate of drug-likeness (QED) is 0.670. The first-order valence-corrected chi connectivity index (χ1v) is 4.27. The third-order valence-electron chi connectivity index (χ3n) is 2.01. The van der Waals surface area contributed by atoms with Crippen molar-refractivity contribution in [2.24, 2.45) is 0 Å². The zero-order valence-electron chi connectivity index (χ0n) is 7.84. The van der Waals surface area contributed by atoms with Crippen molar-refractivity contribution in [3.63, 3.8) is 0 Å². The molecule has 0 aliphatic heterocycles. The number of aromatic nitrogens is 2. The van der Waals surface area contributed by atoms with Crippen molar-refractivity contribution in [2.45, 2.75) is 13.1 Å². The second kappa shape index (κ2) is 3.18. The lowest BCUT2D eigenvalue weighted by Crippen LogP contribution is -2.05. The smallest absolute Gasteiger partial charge is 0.236 e. The summed E-state index contributed by atoms with van der Waals surface area (Å²) in [5, 5.41) is 0.399. The molecule has 78 valence electrons. The first kappa shape index (κ1) is 9.89. The van der Waals surface area contributed by atoms with E-state index < -0.39 is 11.7 Å². The number of rotatable bonds is 0. The summed E-state index contributed by atoms with van der Waals surface area (Å²) >= 11 is 0. The zero-order chi connectivity index (χ0) is 11.1. The summed E-state index contributed by atoms with van der Waals surface area (Å²) in [6.45, 7) is 1.76. The van der Waals surface area contributed by atoms with Gasteiger partial charge in [-0.25, -0.2) is 9.97 Å². The molecule has 0 radical (unpaired) electrons. The molecule has 0 N–H and O–H groups in total. The Hall–Kier alpha value is -1.65. The van der Waals surface area contributed by atoms with Crippen LogP contribution in [0.25, 0.3) is 11.0 Å². The molecule has 2 rings (SSSR count). The van der Waals surface area contributed by atoms with Crippen LogP contribution in [0.15, 0.2) is 24.4 Å². The van der Waals surface area contributed by atoms with Gasteiger partial charge in [-0.2, -0.15) is 13.2 Å². The Labute approximate surface area is 83.8 Å². The van der Waals surface area contributed by atoms with Crippen molar-refractivity contribution in [1.29, 1.82) is 0 Å². The first-order chi connectivity index (χ1) is 6.97. The van der Waals surface area contributed by atoms with Gasteiger partial charge in [0, 0.05) is 17.3 Å². The predicted octanol–water partition coefficient (Wildman–Crippen LogP) is 2.96. The summed E-state index contributed by atoms with van der Waals surface area (Å²) in [5.41, 5.74) is 0.318. The highest BCUT2D eigenvalue weighted by molar-refractivity contribution is 5.75. The van der Waals surface area contributed by atoms with Crippen LogP contribution in [0.1, 0.15) is 11.3 Å². The van der Waals surface area contributed by atoms with Crippen LogP contribution in [0.3, 0.4) is 0 Å². The molecule has 0 unspecified atom stereocenters. The van der Waals surface area contributed by atoms with Crippen LogP contribution < -0.4 is 0 Å². The molecular formula is C10H7F3N2. The summed E-state index contributed by atoms with van der Waals surface area (Å²) in [4.78, 5) is 7.70. The number of hydrogen-bond acceptors (Lipinski definition) is 2. The summed E-state index contributed by atoms with van der Waals surface area (Å²) in [7, 11) is 0. The lowest BCUT2D eigenvalue weighted by Gasteiger charge is -2.06. The van der Waals surface area contributed by atoms with E-state index in [9.17, 15) is 13.2 Å². The molecule has 2 aromatic rings. The molecule has 0 amide bonds. The number of alkyl halides is 3. The van der Waals surface area contributed by atoms with Crippen LogP contribution in [-0.2, 0) is 6.18 Å². The Morgan fingerprint density at radius 1 is 1.20 bits per heavy atom. The highest BCUT2D eigenvalue weighted by atomic mass is 19.4. The molecule has 0 atom stereocenters. The van der Waals surface area contributed by atoms with Gasteiger partial charge in [-0.1, -0.05) is 0 Å². The van der Waals surface area contributed by atoms with E-state index in [2.05, 4.69) is 9.97 Å². The van der Waals surface area contributed by atoms with Crippen LogP contribution in [0.4, 0.5) is 13.2 Å². The molecule has 0 fully saturated rings. The fourth-order valence-electron chi connectivity index (χ4n) is 1.26. The van der Waals surface area contributed by atoms with Gasteiger partial charge in [0.05, 0.1) is 5.56 Å². The molecule has 0 bridgehead atoms. The Kier molecular flexibility index (Phi) is 2.10. The zero-order valence-corrected chi connectivity index (χ0v) is 7.84. The van der Waals surface area contributed by atoms with Gasteiger partial charge >= 0.3 is 6.18 Å². The summed E-state index contributed by atoms with van der Waals surface area (Å²) in [6, 6.07) is 4.29. The van der Waals surface area contributed by atoms with Gasteiger partial charge in [0.25, 0.3) is 0 Å². The summed E-state index contributed by atoms with van der Waals surface area (Å²) in [6.07, 6.45) is -3.55. The second-order valence-corrected chi connectivity index (χ2v) is 3.22. The van der Waals surface area contributed by atoms with Gasteiger partial charge in [0.1, 0.15) is 0 Å². The lowest BCUT2D eigenvalue weighted by atomic mass is 10.2. The van der Waals surface area contributed by atoms with E-state index in [1.807, 2.05) is 0 Å². The minimum absolute atomic E-state index is 0.336. The fourth-order valence-corrected chi connectivity index (χ4v) is 1.26. The Bertz CT molecular complexity index is 505. The van der Waals surface area contributed by atoms with Crippen molar-refractivity contribution in [3.8, 4) is 0 Å². The number of fused-ring (bicyclic) bond motifs is 1. The van der Waals surface area contributed by atoms with Gasteiger partial charge in [-0.3, -0.25) is 0 Å². The van der Waals surface area contributed by atoms with E-state index in [0.717, 1.165) is 18.0 Å². The van der Waals surface area contributed by atoms with E-state index in [0.29, 0.717) is 11.0 Å². The summed E-state index contributed by atoms with van der Waals surface area (Å²) in [5.74, 6) is 0. The normalized spacial score (nSPS) is 12.0. The SMILES string of the molecule is Cc1ccc2cc(C(F)(F)F)cnc2n1. The molecule has 2 heterocycles. The maximum absolute atomic E-state index is 12.3. The highest BCUT2D eigenvalue weighted by Crippen LogP contribution is 2.29. The van der Waals surface area contributed by atoms with Crippen molar-refractivity contribution >= 4 is 11.0 Å². The van der Waals surface area contributed by atoms with Gasteiger partial charge in [0.15, 0.2) is 5.65 Å². The topological polar surface area (TPSA) is 25.8 Å². The monoisotopic (exact) mass is 212 g/mol. The molecule has 0 aliphatic rings. The highest BCUT2D eigenvalue weighted by Gasteiger charge is 2.31. The van der Waals surface area contributed by atoms with Crippen LogP contribution >= 0.6 is 0 Å². The molecule has 15 heavy (non-hydrogen) atoms. The van der Waals surface area contributed by atoms with E-state index >= 15 is 0 Å². The Morgan fingerprint density at radius 3 is 2.60 bits per heavy atom. The van der Waals surface area contributed by atoms with Crippen molar-refractivity contribution in [1.82, 2.24) is 9.97 Å². The van der Waals surface area contributed by atoms with Crippen molar-refractivity contribution < 1.29 is 13.2 Å². The average molecular weight is 212 g/mol. The fraction of sp³-hybridized carbons (Fsp3) is 0.200. The number of aryl methyl sites for hydroxylation is 1. The minimum Gasteiger partial charge on any atom is -0.236 e. The van der Waals surface area contributed by atoms with E-state index in [-0.39, 0.29) is 0 Å². The van der Waals surface area contributed by atoms with E-state index in [4.69, 9.17) is 0 Å². The molecule has 0 spiro atoms. The molecule has 0 saturated carbocycles. The molecular weight excluding hydrogens is 205 g/mol. The molecule has 2 nitrogen and oxygen atoms in total. The average Bonchev–Trinajstić information content (AvgIpc) is 2.15. The molecule has 0 aromatic carbocycles. The third-order valence-corrected chi connectivity index (χ3v) is 2.01. The maximum atomic E-state index is 12.3. The van der Waals surface area contributed by atoms with E-state index in [1.54, 1.807) is 19.1 Å². The van der Waals surface area contributed by atoms with Crippen LogP contribution in [0.2, 0.25) is 0 Å². The van der Waals surface area contributed by atoms with Crippen molar-refractivity contribution in [3.05, 3.63) is 35.7 Å². The number of hydrogen-bond donors (Lipinski definition) is 0. The van der Waals surface area contributed by atoms with Gasteiger partial charge in [-0.15, -0.1) is 0 Å².